The Morgan fingerprint density at radius 1 is 0.966 bits per heavy atom. The van der Waals surface area contributed by atoms with Crippen LogP contribution >= 0.6 is 0 Å². The summed E-state index contributed by atoms with van der Waals surface area (Å²) in [4.78, 5) is 0. The zero-order chi connectivity index (χ0) is 20.2. The quantitative estimate of drug-likeness (QED) is 0.487. The van der Waals surface area contributed by atoms with E-state index in [0.717, 1.165) is 35.8 Å². The molecule has 4 rings (SSSR count). The van der Waals surface area contributed by atoms with Gasteiger partial charge in [-0.25, -0.2) is 4.39 Å². The van der Waals surface area contributed by atoms with Crippen LogP contribution in [0.4, 0.5) is 4.39 Å². The molecule has 2 heteroatoms. The molecular weight excluding hydrogens is 359 g/mol. The number of fused-ring (bicyclic) bond motifs is 1. The van der Waals surface area contributed by atoms with Crippen molar-refractivity contribution < 1.29 is 9.13 Å². The summed E-state index contributed by atoms with van der Waals surface area (Å²) >= 11 is 0. The Morgan fingerprint density at radius 3 is 2.41 bits per heavy atom. The lowest BCUT2D eigenvalue weighted by atomic mass is 9.77. The maximum atomic E-state index is 14.5. The average molecular weight is 393 g/mol. The van der Waals surface area contributed by atoms with E-state index in [0.29, 0.717) is 5.75 Å². The number of halogens is 1. The van der Waals surface area contributed by atoms with E-state index >= 15 is 0 Å². The van der Waals surface area contributed by atoms with Gasteiger partial charge in [0.05, 0.1) is 7.11 Å². The van der Waals surface area contributed by atoms with Crippen molar-refractivity contribution in [3.8, 4) is 5.75 Å². The van der Waals surface area contributed by atoms with Crippen molar-refractivity contribution in [2.75, 3.05) is 7.11 Å². The molecule has 1 saturated carbocycles. The van der Waals surface area contributed by atoms with Crippen LogP contribution in [0.3, 0.4) is 0 Å². The third kappa shape index (κ3) is 4.42. The van der Waals surface area contributed by atoms with Gasteiger partial charge in [0.1, 0.15) is 0 Å². The molecule has 2 aliphatic carbocycles. The molecule has 0 spiro atoms. The largest absolute Gasteiger partial charge is 0.494 e. The zero-order valence-electron chi connectivity index (χ0n) is 17.8. The van der Waals surface area contributed by atoms with Gasteiger partial charge in [-0.05, 0) is 84.3 Å². The summed E-state index contributed by atoms with van der Waals surface area (Å²) in [5.74, 6) is 1.82. The first kappa shape index (κ1) is 20.2. The van der Waals surface area contributed by atoms with Gasteiger partial charge in [0.2, 0.25) is 0 Å². The van der Waals surface area contributed by atoms with Crippen molar-refractivity contribution in [2.24, 2.45) is 5.92 Å². The lowest BCUT2D eigenvalue weighted by Crippen LogP contribution is -2.13. The number of allylic oxidation sites excluding steroid dienone is 1. The van der Waals surface area contributed by atoms with E-state index in [2.05, 4.69) is 37.3 Å². The monoisotopic (exact) mass is 392 g/mol. The summed E-state index contributed by atoms with van der Waals surface area (Å²) in [6, 6.07) is 12.9. The Hall–Kier alpha value is -2.09. The van der Waals surface area contributed by atoms with Crippen molar-refractivity contribution >= 4 is 11.6 Å². The summed E-state index contributed by atoms with van der Waals surface area (Å²) in [6.45, 7) is 2.29. The predicted octanol–water partition coefficient (Wildman–Crippen LogP) is 7.79. The predicted molar refractivity (Wildman–Crippen MR) is 120 cm³/mol. The number of unbranched alkanes of at least 4 members (excludes halogenated alkanes) is 1. The van der Waals surface area contributed by atoms with Crippen molar-refractivity contribution in [1.29, 1.82) is 0 Å². The summed E-state index contributed by atoms with van der Waals surface area (Å²) in [5.41, 5.74) is 5.84. The van der Waals surface area contributed by atoms with Crippen LogP contribution in [0.15, 0.2) is 36.4 Å². The molecule has 0 heterocycles. The first-order chi connectivity index (χ1) is 14.2. The summed E-state index contributed by atoms with van der Waals surface area (Å²) in [7, 11) is 1.52. The van der Waals surface area contributed by atoms with Crippen molar-refractivity contribution in [3.05, 3.63) is 64.5 Å². The van der Waals surface area contributed by atoms with Gasteiger partial charge in [0.15, 0.2) is 11.6 Å². The van der Waals surface area contributed by atoms with E-state index in [1.54, 1.807) is 6.07 Å². The highest BCUT2D eigenvalue weighted by Gasteiger charge is 2.22. The highest BCUT2D eigenvalue weighted by molar-refractivity contribution is 5.84. The second-order valence-electron chi connectivity index (χ2n) is 8.80. The van der Waals surface area contributed by atoms with Gasteiger partial charge in [-0.15, -0.1) is 0 Å². The number of benzene rings is 2. The lowest BCUT2D eigenvalue weighted by Gasteiger charge is -2.29. The van der Waals surface area contributed by atoms with E-state index in [9.17, 15) is 4.39 Å². The molecule has 1 nitrogen and oxygen atoms in total. The van der Waals surface area contributed by atoms with Crippen LogP contribution in [0.5, 0.6) is 5.75 Å². The van der Waals surface area contributed by atoms with Crippen LogP contribution in [-0.4, -0.2) is 7.11 Å². The van der Waals surface area contributed by atoms with Gasteiger partial charge in [-0.2, -0.15) is 0 Å². The standard InChI is InChI=1S/C27H33FO/c1-3-4-5-19-6-8-20(9-7-19)21-10-12-22(13-11-21)23-14-16-25-24(18-23)15-17-26(29-2)27(25)28/h10-13,15,17-20H,3-9,14,16H2,1-2H3. The van der Waals surface area contributed by atoms with E-state index in [-0.39, 0.29) is 5.82 Å². The highest BCUT2D eigenvalue weighted by atomic mass is 19.1. The van der Waals surface area contributed by atoms with Crippen LogP contribution in [-0.2, 0) is 6.42 Å². The van der Waals surface area contributed by atoms with E-state index in [4.69, 9.17) is 4.74 Å². The Morgan fingerprint density at radius 2 is 1.72 bits per heavy atom. The van der Waals surface area contributed by atoms with E-state index in [1.165, 1.54) is 68.8 Å². The molecule has 2 aliphatic rings. The molecule has 0 radical (unpaired) electrons. The van der Waals surface area contributed by atoms with Gasteiger partial charge in [0.25, 0.3) is 0 Å². The number of methoxy groups -OCH3 is 1. The summed E-state index contributed by atoms with van der Waals surface area (Å²) in [6.07, 6.45) is 13.3. The maximum absolute atomic E-state index is 14.5. The first-order valence-corrected chi connectivity index (χ1v) is 11.4. The fourth-order valence-corrected chi connectivity index (χ4v) is 5.16. The minimum atomic E-state index is -0.204. The Bertz CT molecular complexity index is 857. The molecule has 1 fully saturated rings. The van der Waals surface area contributed by atoms with Crippen molar-refractivity contribution in [3.63, 3.8) is 0 Å². The third-order valence-corrected chi connectivity index (χ3v) is 7.00. The lowest BCUT2D eigenvalue weighted by molar-refractivity contribution is 0.304. The van der Waals surface area contributed by atoms with Gasteiger partial charge in [0, 0.05) is 0 Å². The van der Waals surface area contributed by atoms with Crippen LogP contribution in [0.1, 0.15) is 86.5 Å². The molecule has 0 aromatic heterocycles. The zero-order valence-corrected chi connectivity index (χ0v) is 17.8. The molecule has 0 saturated heterocycles. The molecule has 0 amide bonds. The smallest absolute Gasteiger partial charge is 0.168 e. The van der Waals surface area contributed by atoms with Gasteiger partial charge < -0.3 is 4.74 Å². The van der Waals surface area contributed by atoms with Crippen LogP contribution in [0.2, 0.25) is 0 Å². The van der Waals surface area contributed by atoms with E-state index < -0.39 is 0 Å². The summed E-state index contributed by atoms with van der Waals surface area (Å²) < 4.78 is 19.6. The molecule has 0 bridgehead atoms. The van der Waals surface area contributed by atoms with E-state index in [1.807, 2.05) is 6.07 Å². The number of ether oxygens (including phenoxy) is 1. The molecule has 154 valence electrons. The van der Waals surface area contributed by atoms with Crippen LogP contribution in [0.25, 0.3) is 11.6 Å². The van der Waals surface area contributed by atoms with Crippen molar-refractivity contribution in [1.82, 2.24) is 0 Å². The van der Waals surface area contributed by atoms with Crippen LogP contribution < -0.4 is 4.74 Å². The molecule has 0 aliphatic heterocycles. The van der Waals surface area contributed by atoms with Gasteiger partial charge >= 0.3 is 0 Å². The Labute approximate surface area is 175 Å². The molecule has 0 atom stereocenters. The average Bonchev–Trinajstić information content (AvgIpc) is 2.78. The fourth-order valence-electron chi connectivity index (χ4n) is 5.16. The number of hydrogen-bond donors (Lipinski definition) is 0. The topological polar surface area (TPSA) is 9.23 Å². The molecule has 2 aromatic carbocycles. The third-order valence-electron chi connectivity index (χ3n) is 7.00. The SMILES string of the molecule is CCCCC1CCC(c2ccc(C3=Cc4ccc(OC)c(F)c4CC3)cc2)CC1. The molecule has 0 N–H and O–H groups in total. The Kier molecular flexibility index (Phi) is 6.37. The molecule has 0 unspecified atom stereocenters. The van der Waals surface area contributed by atoms with Crippen LogP contribution in [0, 0.1) is 11.7 Å². The van der Waals surface area contributed by atoms with Gasteiger partial charge in [-0.1, -0.05) is 62.6 Å². The molecule has 29 heavy (non-hydrogen) atoms. The molecular formula is C27H33FO. The number of rotatable bonds is 6. The second-order valence-corrected chi connectivity index (χ2v) is 8.80. The maximum Gasteiger partial charge on any atom is 0.168 e. The fraction of sp³-hybridized carbons (Fsp3) is 0.481. The van der Waals surface area contributed by atoms with Gasteiger partial charge in [-0.3, -0.25) is 0 Å². The number of hydrogen-bond acceptors (Lipinski definition) is 1. The minimum Gasteiger partial charge on any atom is -0.494 e. The van der Waals surface area contributed by atoms with Crippen molar-refractivity contribution in [2.45, 2.75) is 70.6 Å². The second kappa shape index (κ2) is 9.15. The molecule has 2 aromatic rings. The minimum absolute atomic E-state index is 0.204. The summed E-state index contributed by atoms with van der Waals surface area (Å²) in [5, 5.41) is 0. The highest BCUT2D eigenvalue weighted by Crippen LogP contribution is 2.39. The normalized spacial score (nSPS) is 21.4. The first-order valence-electron chi connectivity index (χ1n) is 11.4. The Balaban J connectivity index is 1.44.